The quantitative estimate of drug-likeness (QED) is 0.622. The lowest BCUT2D eigenvalue weighted by Gasteiger charge is -2.32. The Bertz CT molecular complexity index is 1140. The van der Waals surface area contributed by atoms with Gasteiger partial charge in [0.25, 0.3) is 0 Å². The summed E-state index contributed by atoms with van der Waals surface area (Å²) in [6, 6.07) is 10.3. The smallest absolute Gasteiger partial charge is 0.247 e. The molecule has 1 saturated heterocycles. The Hall–Kier alpha value is -3.22. The highest BCUT2D eigenvalue weighted by Gasteiger charge is 2.34. The van der Waals surface area contributed by atoms with Crippen LogP contribution in [0.15, 0.2) is 55.0 Å². The fourth-order valence-corrected chi connectivity index (χ4v) is 4.69. The Kier molecular flexibility index (Phi) is 6.77. The standard InChI is InChI=1S/C26H31FN4O2/c1-26(2,29-24(32)18-20-8-3-4-9-21(20)27)25(33)31-14-5-7-19(11-15-31)17-22-23-10-6-13-30(23)16-12-28-22/h3-4,6,8-10,12-13,16,19H,5,7,11,14-15,17-18H2,1-2H3,(H,29,32). The summed E-state index contributed by atoms with van der Waals surface area (Å²) in [5.41, 5.74) is 1.49. The summed E-state index contributed by atoms with van der Waals surface area (Å²) in [5.74, 6) is -0.426. The SMILES string of the molecule is CC(C)(NC(=O)Cc1ccccc1F)C(=O)N1CCCC(Cc2nccn3cccc23)CC1. The average Bonchev–Trinajstić information content (AvgIpc) is 3.15. The molecule has 1 N–H and O–H groups in total. The van der Waals surface area contributed by atoms with Crippen LogP contribution in [-0.2, 0) is 22.4 Å². The van der Waals surface area contributed by atoms with Gasteiger partial charge in [-0.25, -0.2) is 4.39 Å². The Labute approximate surface area is 193 Å². The van der Waals surface area contributed by atoms with Gasteiger partial charge in [0, 0.05) is 31.7 Å². The van der Waals surface area contributed by atoms with Crippen LogP contribution in [0, 0.1) is 11.7 Å². The van der Waals surface area contributed by atoms with Crippen molar-refractivity contribution in [2.24, 2.45) is 5.92 Å². The molecule has 174 valence electrons. The third-order valence-electron chi connectivity index (χ3n) is 6.44. The Morgan fingerprint density at radius 1 is 1.12 bits per heavy atom. The molecule has 1 unspecified atom stereocenters. The first kappa shape index (κ1) is 23.0. The van der Waals surface area contributed by atoms with Crippen LogP contribution in [0.2, 0.25) is 0 Å². The number of nitrogens with one attached hydrogen (secondary N) is 1. The second-order valence-electron chi connectivity index (χ2n) is 9.41. The van der Waals surface area contributed by atoms with Gasteiger partial charge in [-0.1, -0.05) is 18.2 Å². The highest BCUT2D eigenvalue weighted by Crippen LogP contribution is 2.24. The van der Waals surface area contributed by atoms with Crippen molar-refractivity contribution in [2.45, 2.75) is 51.5 Å². The van der Waals surface area contributed by atoms with Gasteiger partial charge in [0.05, 0.1) is 17.6 Å². The molecule has 1 aromatic carbocycles. The molecule has 0 saturated carbocycles. The molecule has 0 radical (unpaired) electrons. The lowest BCUT2D eigenvalue weighted by Crippen LogP contribution is -2.56. The molecule has 2 aromatic heterocycles. The molecular formula is C26H31FN4O2. The van der Waals surface area contributed by atoms with Crippen molar-refractivity contribution in [2.75, 3.05) is 13.1 Å². The van der Waals surface area contributed by atoms with Crippen molar-refractivity contribution < 1.29 is 14.0 Å². The number of rotatable bonds is 6. The van der Waals surface area contributed by atoms with Crippen LogP contribution in [0.3, 0.4) is 0 Å². The first-order valence-electron chi connectivity index (χ1n) is 11.6. The molecular weight excluding hydrogens is 419 g/mol. The van der Waals surface area contributed by atoms with Gasteiger partial charge in [0.1, 0.15) is 11.4 Å². The van der Waals surface area contributed by atoms with Crippen molar-refractivity contribution in [1.82, 2.24) is 19.6 Å². The summed E-state index contributed by atoms with van der Waals surface area (Å²) < 4.78 is 16.0. The number of halogens is 1. The molecule has 1 fully saturated rings. The summed E-state index contributed by atoms with van der Waals surface area (Å²) >= 11 is 0. The van der Waals surface area contributed by atoms with E-state index in [4.69, 9.17) is 0 Å². The summed E-state index contributed by atoms with van der Waals surface area (Å²) in [4.78, 5) is 32.2. The molecule has 1 aliphatic heterocycles. The largest absolute Gasteiger partial charge is 0.342 e. The number of likely N-dealkylation sites (tertiary alicyclic amines) is 1. The summed E-state index contributed by atoms with van der Waals surface area (Å²) in [7, 11) is 0. The van der Waals surface area contributed by atoms with E-state index in [0.29, 0.717) is 24.6 Å². The molecule has 7 heteroatoms. The Morgan fingerprint density at radius 3 is 2.76 bits per heavy atom. The summed E-state index contributed by atoms with van der Waals surface area (Å²) in [6.07, 6.45) is 9.46. The number of aromatic nitrogens is 2. The van der Waals surface area contributed by atoms with Gasteiger partial charge in [-0.15, -0.1) is 0 Å². The van der Waals surface area contributed by atoms with Crippen molar-refractivity contribution in [3.05, 3.63) is 72.1 Å². The van der Waals surface area contributed by atoms with Crippen LogP contribution < -0.4 is 5.32 Å². The van der Waals surface area contributed by atoms with E-state index in [-0.39, 0.29) is 18.2 Å². The zero-order chi connectivity index (χ0) is 23.4. The van der Waals surface area contributed by atoms with Crippen molar-refractivity contribution in [3.8, 4) is 0 Å². The number of carbonyl (C=O) groups is 2. The maximum absolute atomic E-state index is 13.9. The molecule has 3 heterocycles. The fraction of sp³-hybridized carbons (Fsp3) is 0.423. The molecule has 33 heavy (non-hydrogen) atoms. The van der Waals surface area contributed by atoms with Gasteiger partial charge in [0.15, 0.2) is 0 Å². The van der Waals surface area contributed by atoms with Crippen LogP contribution in [-0.4, -0.2) is 44.7 Å². The maximum Gasteiger partial charge on any atom is 0.247 e. The van der Waals surface area contributed by atoms with E-state index in [2.05, 4.69) is 20.8 Å². The molecule has 1 atom stereocenters. The highest BCUT2D eigenvalue weighted by atomic mass is 19.1. The normalized spacial score (nSPS) is 17.1. The minimum atomic E-state index is -1.05. The second-order valence-corrected chi connectivity index (χ2v) is 9.41. The van der Waals surface area contributed by atoms with E-state index in [0.717, 1.165) is 36.9 Å². The second kappa shape index (κ2) is 9.73. The fourth-order valence-electron chi connectivity index (χ4n) is 4.69. The van der Waals surface area contributed by atoms with Crippen LogP contribution >= 0.6 is 0 Å². The minimum Gasteiger partial charge on any atom is -0.342 e. The third kappa shape index (κ3) is 5.41. The van der Waals surface area contributed by atoms with Crippen LogP contribution in [0.1, 0.15) is 44.4 Å². The molecule has 6 nitrogen and oxygen atoms in total. The average molecular weight is 451 g/mol. The van der Waals surface area contributed by atoms with Crippen LogP contribution in [0.4, 0.5) is 4.39 Å². The first-order valence-corrected chi connectivity index (χ1v) is 11.6. The number of amides is 2. The van der Waals surface area contributed by atoms with Crippen molar-refractivity contribution in [3.63, 3.8) is 0 Å². The zero-order valence-corrected chi connectivity index (χ0v) is 19.3. The monoisotopic (exact) mass is 450 g/mol. The molecule has 0 aliphatic carbocycles. The predicted molar refractivity (Wildman–Crippen MR) is 125 cm³/mol. The van der Waals surface area contributed by atoms with Gasteiger partial charge in [0.2, 0.25) is 11.8 Å². The van der Waals surface area contributed by atoms with E-state index < -0.39 is 11.4 Å². The van der Waals surface area contributed by atoms with E-state index in [1.165, 1.54) is 6.07 Å². The number of fused-ring (bicyclic) bond motifs is 1. The van der Waals surface area contributed by atoms with Gasteiger partial charge in [-0.05, 0) is 69.2 Å². The van der Waals surface area contributed by atoms with Gasteiger partial charge < -0.3 is 14.6 Å². The molecule has 0 spiro atoms. The predicted octanol–water partition coefficient (Wildman–Crippen LogP) is 3.78. The van der Waals surface area contributed by atoms with Crippen LogP contribution in [0.5, 0.6) is 0 Å². The molecule has 3 aromatic rings. The Balaban J connectivity index is 1.34. The highest BCUT2D eigenvalue weighted by molar-refractivity contribution is 5.91. The number of nitrogens with zero attached hydrogens (tertiary/aromatic N) is 3. The number of hydrogen-bond acceptors (Lipinski definition) is 3. The Morgan fingerprint density at radius 2 is 1.94 bits per heavy atom. The lowest BCUT2D eigenvalue weighted by atomic mass is 9.95. The van der Waals surface area contributed by atoms with Gasteiger partial charge >= 0.3 is 0 Å². The van der Waals surface area contributed by atoms with Gasteiger partial charge in [-0.2, -0.15) is 0 Å². The first-order chi connectivity index (χ1) is 15.8. The van der Waals surface area contributed by atoms with E-state index in [9.17, 15) is 14.0 Å². The molecule has 1 aliphatic rings. The number of carbonyl (C=O) groups excluding carboxylic acids is 2. The molecule has 2 amide bonds. The van der Waals surface area contributed by atoms with Crippen LogP contribution in [0.25, 0.3) is 5.52 Å². The molecule has 0 bridgehead atoms. The summed E-state index contributed by atoms with van der Waals surface area (Å²) in [6.45, 7) is 4.76. The third-order valence-corrected chi connectivity index (χ3v) is 6.44. The van der Waals surface area contributed by atoms with E-state index in [1.807, 2.05) is 29.6 Å². The summed E-state index contributed by atoms with van der Waals surface area (Å²) in [5, 5.41) is 2.81. The number of benzene rings is 1. The van der Waals surface area contributed by atoms with E-state index >= 15 is 0 Å². The molecule has 4 rings (SSSR count). The maximum atomic E-state index is 13.9. The van der Waals surface area contributed by atoms with Crippen molar-refractivity contribution >= 4 is 17.3 Å². The van der Waals surface area contributed by atoms with Crippen molar-refractivity contribution in [1.29, 1.82) is 0 Å². The zero-order valence-electron chi connectivity index (χ0n) is 19.3. The number of hydrogen-bond donors (Lipinski definition) is 1. The van der Waals surface area contributed by atoms with Gasteiger partial charge in [-0.3, -0.25) is 14.6 Å². The minimum absolute atomic E-state index is 0.0935. The van der Waals surface area contributed by atoms with E-state index in [1.54, 1.807) is 32.0 Å². The topological polar surface area (TPSA) is 66.7 Å². The lowest BCUT2D eigenvalue weighted by molar-refractivity contribution is -0.140.